The highest BCUT2D eigenvalue weighted by molar-refractivity contribution is 5.80. The van der Waals surface area contributed by atoms with Crippen molar-refractivity contribution >= 4 is 22.9 Å². The predicted octanol–water partition coefficient (Wildman–Crippen LogP) is 2.55. The van der Waals surface area contributed by atoms with Crippen molar-refractivity contribution in [2.45, 2.75) is 26.3 Å². The highest BCUT2D eigenvalue weighted by atomic mass is 16.5. The molecule has 1 N–H and O–H groups in total. The molecule has 1 aromatic heterocycles. The average Bonchev–Trinajstić information content (AvgIpc) is 3.04. The molecule has 134 valence electrons. The fourth-order valence-corrected chi connectivity index (χ4v) is 3.42. The summed E-state index contributed by atoms with van der Waals surface area (Å²) in [6.07, 6.45) is 3.09. The molecule has 6 heteroatoms. The smallest absolute Gasteiger partial charge is 0.223 e. The number of para-hydroxylation sites is 2. The van der Waals surface area contributed by atoms with Crippen LogP contribution in [0.3, 0.4) is 0 Å². The van der Waals surface area contributed by atoms with Gasteiger partial charge in [0.25, 0.3) is 0 Å². The van der Waals surface area contributed by atoms with Crippen molar-refractivity contribution in [2.24, 2.45) is 5.92 Å². The van der Waals surface area contributed by atoms with Crippen LogP contribution in [-0.4, -0.2) is 41.7 Å². The van der Waals surface area contributed by atoms with Crippen molar-refractivity contribution in [3.63, 3.8) is 0 Å². The lowest BCUT2D eigenvalue weighted by Gasteiger charge is -2.32. The van der Waals surface area contributed by atoms with E-state index in [1.165, 1.54) is 11.8 Å². The van der Waals surface area contributed by atoms with Crippen LogP contribution >= 0.6 is 0 Å². The first-order valence-electron chi connectivity index (χ1n) is 8.95. The molecule has 0 aliphatic carbocycles. The Balaban J connectivity index is 1.61. The molecule has 1 aliphatic rings. The molecular formula is C19H26N4O2. The normalized spacial score (nSPS) is 15.3. The molecule has 0 bridgehead atoms. The first kappa shape index (κ1) is 17.3. The minimum absolute atomic E-state index is 0.0689. The van der Waals surface area contributed by atoms with Gasteiger partial charge in [-0.3, -0.25) is 4.79 Å². The van der Waals surface area contributed by atoms with Gasteiger partial charge in [-0.25, -0.2) is 4.98 Å². The number of carbonyl (C=O) groups is 1. The molecule has 0 radical (unpaired) electrons. The Hall–Kier alpha value is -2.50. The SMILES string of the molecule is C=COCCNC(=O)C1CCN(c2nc3ccccc3n2CC)CC1. The maximum absolute atomic E-state index is 12.2. The number of nitrogens with zero attached hydrogens (tertiary/aromatic N) is 3. The summed E-state index contributed by atoms with van der Waals surface area (Å²) in [6.45, 7) is 9.21. The maximum atomic E-state index is 12.2. The van der Waals surface area contributed by atoms with Gasteiger partial charge in [0, 0.05) is 25.6 Å². The van der Waals surface area contributed by atoms with Crippen molar-refractivity contribution in [3.8, 4) is 0 Å². The molecule has 0 unspecified atom stereocenters. The number of anilines is 1. The number of aryl methyl sites for hydroxylation is 1. The standard InChI is InChI=1S/C19H26N4O2/c1-3-23-17-8-6-5-7-16(17)21-19(23)22-12-9-15(10-13-22)18(24)20-11-14-25-4-2/h4-8,15H,2-3,9-14H2,1H3,(H,20,24). The minimum Gasteiger partial charge on any atom is -0.500 e. The summed E-state index contributed by atoms with van der Waals surface area (Å²) >= 11 is 0. The highest BCUT2D eigenvalue weighted by Gasteiger charge is 2.27. The number of imidazole rings is 1. The summed E-state index contributed by atoms with van der Waals surface area (Å²) in [6, 6.07) is 8.23. The Morgan fingerprint density at radius 3 is 2.88 bits per heavy atom. The summed E-state index contributed by atoms with van der Waals surface area (Å²) < 4.78 is 7.28. The fourth-order valence-electron chi connectivity index (χ4n) is 3.42. The fraction of sp³-hybridized carbons (Fsp3) is 0.474. The molecule has 1 aliphatic heterocycles. The number of rotatable bonds is 7. The zero-order valence-corrected chi connectivity index (χ0v) is 14.8. The van der Waals surface area contributed by atoms with E-state index in [0.29, 0.717) is 13.2 Å². The van der Waals surface area contributed by atoms with E-state index in [4.69, 9.17) is 9.72 Å². The first-order valence-corrected chi connectivity index (χ1v) is 8.95. The van der Waals surface area contributed by atoms with Gasteiger partial charge in [0.15, 0.2) is 0 Å². The molecule has 0 spiro atoms. The second-order valence-electron chi connectivity index (χ2n) is 6.23. The lowest BCUT2D eigenvalue weighted by Crippen LogP contribution is -2.42. The number of hydrogen-bond acceptors (Lipinski definition) is 4. The number of aromatic nitrogens is 2. The van der Waals surface area contributed by atoms with Crippen LogP contribution < -0.4 is 10.2 Å². The van der Waals surface area contributed by atoms with Gasteiger partial charge in [-0.2, -0.15) is 0 Å². The van der Waals surface area contributed by atoms with Gasteiger partial charge >= 0.3 is 0 Å². The van der Waals surface area contributed by atoms with E-state index in [2.05, 4.69) is 40.4 Å². The monoisotopic (exact) mass is 342 g/mol. The van der Waals surface area contributed by atoms with E-state index in [1.54, 1.807) is 0 Å². The van der Waals surface area contributed by atoms with Crippen LogP contribution in [0.25, 0.3) is 11.0 Å². The summed E-state index contributed by atoms with van der Waals surface area (Å²) in [5.41, 5.74) is 2.20. The lowest BCUT2D eigenvalue weighted by molar-refractivity contribution is -0.125. The third-order valence-electron chi connectivity index (χ3n) is 4.74. The highest BCUT2D eigenvalue weighted by Crippen LogP contribution is 2.26. The summed E-state index contributed by atoms with van der Waals surface area (Å²) in [5, 5.41) is 2.93. The number of ether oxygens (including phenoxy) is 1. The van der Waals surface area contributed by atoms with Gasteiger partial charge in [0.1, 0.15) is 6.61 Å². The molecular weight excluding hydrogens is 316 g/mol. The molecule has 1 aromatic carbocycles. The number of piperidine rings is 1. The number of amides is 1. The van der Waals surface area contributed by atoms with Crippen molar-refractivity contribution in [1.82, 2.24) is 14.9 Å². The number of hydrogen-bond donors (Lipinski definition) is 1. The molecule has 2 aromatic rings. The van der Waals surface area contributed by atoms with Gasteiger partial charge in [0.05, 0.1) is 23.8 Å². The van der Waals surface area contributed by atoms with E-state index in [-0.39, 0.29) is 11.8 Å². The van der Waals surface area contributed by atoms with Crippen LogP contribution in [0, 0.1) is 5.92 Å². The second-order valence-corrected chi connectivity index (χ2v) is 6.23. The Bertz CT molecular complexity index is 732. The molecule has 6 nitrogen and oxygen atoms in total. The number of fused-ring (bicyclic) bond motifs is 1. The number of nitrogens with one attached hydrogen (secondary N) is 1. The topological polar surface area (TPSA) is 59.4 Å². The predicted molar refractivity (Wildman–Crippen MR) is 99.5 cm³/mol. The van der Waals surface area contributed by atoms with Gasteiger partial charge in [-0.15, -0.1) is 0 Å². The average molecular weight is 342 g/mol. The Kier molecular flexibility index (Phi) is 5.58. The van der Waals surface area contributed by atoms with E-state index in [0.717, 1.165) is 43.9 Å². The molecule has 0 saturated carbocycles. The quantitative estimate of drug-likeness (QED) is 0.620. The maximum Gasteiger partial charge on any atom is 0.223 e. The van der Waals surface area contributed by atoms with Crippen LogP contribution in [0.1, 0.15) is 19.8 Å². The van der Waals surface area contributed by atoms with E-state index < -0.39 is 0 Å². The van der Waals surface area contributed by atoms with Gasteiger partial charge < -0.3 is 19.5 Å². The van der Waals surface area contributed by atoms with Crippen molar-refractivity contribution in [1.29, 1.82) is 0 Å². The number of carbonyl (C=O) groups excluding carboxylic acids is 1. The summed E-state index contributed by atoms with van der Waals surface area (Å²) in [5.74, 6) is 1.21. The Morgan fingerprint density at radius 1 is 1.40 bits per heavy atom. The third-order valence-corrected chi connectivity index (χ3v) is 4.74. The van der Waals surface area contributed by atoms with Gasteiger partial charge in [-0.1, -0.05) is 18.7 Å². The van der Waals surface area contributed by atoms with E-state index in [9.17, 15) is 4.79 Å². The molecule has 3 rings (SSSR count). The molecule has 25 heavy (non-hydrogen) atoms. The molecule has 1 fully saturated rings. The Labute approximate surface area is 148 Å². The van der Waals surface area contributed by atoms with Crippen LogP contribution in [-0.2, 0) is 16.1 Å². The largest absolute Gasteiger partial charge is 0.500 e. The molecule has 2 heterocycles. The lowest BCUT2D eigenvalue weighted by atomic mass is 9.96. The van der Waals surface area contributed by atoms with Gasteiger partial charge in [-0.05, 0) is 31.9 Å². The van der Waals surface area contributed by atoms with Crippen LogP contribution in [0.15, 0.2) is 37.1 Å². The van der Waals surface area contributed by atoms with Crippen LogP contribution in [0.4, 0.5) is 5.95 Å². The zero-order valence-electron chi connectivity index (χ0n) is 14.8. The molecule has 1 amide bonds. The van der Waals surface area contributed by atoms with Crippen LogP contribution in [0.2, 0.25) is 0 Å². The van der Waals surface area contributed by atoms with E-state index >= 15 is 0 Å². The van der Waals surface area contributed by atoms with Crippen molar-refractivity contribution < 1.29 is 9.53 Å². The zero-order chi connectivity index (χ0) is 17.6. The summed E-state index contributed by atoms with van der Waals surface area (Å²) in [4.78, 5) is 19.3. The van der Waals surface area contributed by atoms with E-state index in [1.807, 2.05) is 12.1 Å². The molecule has 0 atom stereocenters. The first-order chi connectivity index (χ1) is 12.2. The minimum atomic E-state index is 0.0689. The van der Waals surface area contributed by atoms with Crippen LogP contribution in [0.5, 0.6) is 0 Å². The molecule has 1 saturated heterocycles. The van der Waals surface area contributed by atoms with Gasteiger partial charge in [0.2, 0.25) is 11.9 Å². The van der Waals surface area contributed by atoms with Crippen molar-refractivity contribution in [2.75, 3.05) is 31.1 Å². The summed E-state index contributed by atoms with van der Waals surface area (Å²) in [7, 11) is 0. The third kappa shape index (κ3) is 3.78. The Morgan fingerprint density at radius 2 is 2.16 bits per heavy atom. The number of benzene rings is 1. The second kappa shape index (κ2) is 8.05. The van der Waals surface area contributed by atoms with Crippen molar-refractivity contribution in [3.05, 3.63) is 37.1 Å².